The predicted octanol–water partition coefficient (Wildman–Crippen LogP) is 2.59. The molecule has 0 saturated carbocycles. The van der Waals surface area contributed by atoms with Crippen molar-refractivity contribution in [3.05, 3.63) is 0 Å². The number of nitrogens with one attached hydrogen (secondary N) is 2. The van der Waals surface area contributed by atoms with Gasteiger partial charge >= 0.3 is 5.97 Å². The van der Waals surface area contributed by atoms with Gasteiger partial charge in [-0.3, -0.25) is 14.4 Å². The molecule has 0 spiro atoms. The minimum absolute atomic E-state index is 0.105. The lowest BCUT2D eigenvalue weighted by atomic mass is 10.1. The third kappa shape index (κ3) is 24.3. The molecule has 0 aromatic rings. The van der Waals surface area contributed by atoms with Crippen LogP contribution in [-0.2, 0) is 19.1 Å². The normalized spacial score (nSPS) is 11.4. The summed E-state index contributed by atoms with van der Waals surface area (Å²) in [5.74, 6) is -1.49. The molecule has 29 heavy (non-hydrogen) atoms. The number of carbonyl (C=O) groups is 3. The number of aliphatic hydroxyl groups is 1. The SMILES string of the molecule is CC.CC(C)CCNC(=O)CCNC(=O)C(C)CC(=O)O.COC(C)(C)CCO. The summed E-state index contributed by atoms with van der Waals surface area (Å²) in [7, 11) is 1.65. The first-order chi connectivity index (χ1) is 13.4. The van der Waals surface area contributed by atoms with Gasteiger partial charge in [0.15, 0.2) is 0 Å². The summed E-state index contributed by atoms with van der Waals surface area (Å²) in [4.78, 5) is 33.3. The van der Waals surface area contributed by atoms with Crippen LogP contribution in [0.25, 0.3) is 0 Å². The molecule has 8 heteroatoms. The molecule has 0 aliphatic rings. The van der Waals surface area contributed by atoms with Crippen molar-refractivity contribution in [2.24, 2.45) is 11.8 Å². The van der Waals surface area contributed by atoms with Gasteiger partial charge in [0.2, 0.25) is 11.8 Å². The number of carbonyl (C=O) groups excluding carboxylic acids is 2. The van der Waals surface area contributed by atoms with E-state index < -0.39 is 11.9 Å². The van der Waals surface area contributed by atoms with Gasteiger partial charge in [0.25, 0.3) is 0 Å². The number of aliphatic hydroxyl groups excluding tert-OH is 1. The van der Waals surface area contributed by atoms with Crippen LogP contribution in [0.1, 0.15) is 74.1 Å². The molecule has 0 heterocycles. The number of aliphatic carboxylic acids is 1. The van der Waals surface area contributed by atoms with Crippen LogP contribution >= 0.6 is 0 Å². The van der Waals surface area contributed by atoms with E-state index in [1.807, 2.05) is 27.7 Å². The number of carboxylic acid groups (broad SMARTS) is 1. The maximum Gasteiger partial charge on any atom is 0.304 e. The summed E-state index contributed by atoms with van der Waals surface area (Å²) in [6.07, 6.45) is 1.63. The maximum absolute atomic E-state index is 11.5. The number of hydrogen-bond acceptors (Lipinski definition) is 5. The van der Waals surface area contributed by atoms with Crippen molar-refractivity contribution in [2.45, 2.75) is 79.8 Å². The van der Waals surface area contributed by atoms with Crippen molar-refractivity contribution in [2.75, 3.05) is 26.8 Å². The van der Waals surface area contributed by atoms with Crippen LogP contribution in [0.3, 0.4) is 0 Å². The van der Waals surface area contributed by atoms with Crippen LogP contribution < -0.4 is 10.6 Å². The van der Waals surface area contributed by atoms with E-state index in [2.05, 4.69) is 24.5 Å². The molecule has 0 aliphatic carbocycles. The summed E-state index contributed by atoms with van der Waals surface area (Å²) < 4.78 is 5.02. The van der Waals surface area contributed by atoms with Crippen molar-refractivity contribution in [3.8, 4) is 0 Å². The Balaban J connectivity index is -0.000000564. The monoisotopic (exact) mass is 420 g/mol. The van der Waals surface area contributed by atoms with Gasteiger partial charge < -0.3 is 25.6 Å². The summed E-state index contributed by atoms with van der Waals surface area (Å²) in [6.45, 7) is 14.7. The highest BCUT2D eigenvalue weighted by Gasteiger charge is 2.16. The topological polar surface area (TPSA) is 125 Å². The third-order valence-corrected chi connectivity index (χ3v) is 3.89. The Kier molecular flexibility index (Phi) is 21.7. The van der Waals surface area contributed by atoms with Crippen molar-refractivity contribution in [3.63, 3.8) is 0 Å². The fourth-order valence-electron chi connectivity index (χ4n) is 1.79. The molecule has 174 valence electrons. The number of hydrogen-bond donors (Lipinski definition) is 4. The Morgan fingerprint density at radius 2 is 1.59 bits per heavy atom. The lowest BCUT2D eigenvalue weighted by Crippen LogP contribution is -2.34. The van der Waals surface area contributed by atoms with Gasteiger partial charge in [0, 0.05) is 39.1 Å². The first-order valence-electron chi connectivity index (χ1n) is 10.4. The maximum atomic E-state index is 11.5. The highest BCUT2D eigenvalue weighted by Crippen LogP contribution is 2.10. The van der Waals surface area contributed by atoms with Crippen LogP contribution in [-0.4, -0.2) is 60.4 Å². The molecule has 0 aromatic carbocycles. The minimum atomic E-state index is -1.01. The van der Waals surface area contributed by atoms with E-state index in [-0.39, 0.29) is 43.4 Å². The van der Waals surface area contributed by atoms with Gasteiger partial charge in [-0.1, -0.05) is 34.6 Å². The van der Waals surface area contributed by atoms with Crippen LogP contribution in [0, 0.1) is 11.8 Å². The highest BCUT2D eigenvalue weighted by atomic mass is 16.5. The largest absolute Gasteiger partial charge is 0.481 e. The third-order valence-electron chi connectivity index (χ3n) is 3.89. The fraction of sp³-hybridized carbons (Fsp3) is 0.857. The minimum Gasteiger partial charge on any atom is -0.481 e. The average molecular weight is 421 g/mol. The van der Waals surface area contributed by atoms with E-state index in [0.717, 1.165) is 6.42 Å². The second-order valence-corrected chi connectivity index (χ2v) is 7.51. The van der Waals surface area contributed by atoms with E-state index in [1.54, 1.807) is 14.0 Å². The molecule has 0 aromatic heterocycles. The lowest BCUT2D eigenvalue weighted by Gasteiger charge is -2.20. The molecule has 0 bridgehead atoms. The van der Waals surface area contributed by atoms with Gasteiger partial charge in [-0.05, 0) is 32.6 Å². The van der Waals surface area contributed by atoms with E-state index in [1.165, 1.54) is 0 Å². The van der Waals surface area contributed by atoms with Crippen LogP contribution in [0.2, 0.25) is 0 Å². The quantitative estimate of drug-likeness (QED) is 0.385. The molecule has 0 fully saturated rings. The number of ether oxygens (including phenoxy) is 1. The molecule has 1 atom stereocenters. The summed E-state index contributed by atoms with van der Waals surface area (Å²) in [5.41, 5.74) is -0.158. The Hall–Kier alpha value is -1.67. The summed E-state index contributed by atoms with van der Waals surface area (Å²) >= 11 is 0. The van der Waals surface area contributed by atoms with Crippen molar-refractivity contribution in [1.82, 2.24) is 10.6 Å². The Morgan fingerprint density at radius 3 is 1.97 bits per heavy atom. The second-order valence-electron chi connectivity index (χ2n) is 7.51. The van der Waals surface area contributed by atoms with Gasteiger partial charge in [-0.15, -0.1) is 0 Å². The van der Waals surface area contributed by atoms with Crippen LogP contribution in [0.5, 0.6) is 0 Å². The second kappa shape index (κ2) is 19.6. The Labute approximate surface area is 176 Å². The molecule has 0 radical (unpaired) electrons. The molecular formula is C21H44N2O6. The molecule has 4 N–H and O–H groups in total. The molecule has 2 amide bonds. The standard InChI is InChI=1S/C13H24N2O4.C6H14O2.C2H6/c1-9(2)4-6-14-11(16)5-7-15-13(19)10(3)8-12(17)18;1-6(2,8-3)4-5-7;1-2/h9-10H,4-8H2,1-3H3,(H,14,16)(H,15,19)(H,17,18);7H,4-5H2,1-3H3;1-2H3. The molecule has 0 aliphatic heterocycles. The number of amides is 2. The van der Waals surface area contributed by atoms with Gasteiger partial charge in [-0.25, -0.2) is 0 Å². The number of methoxy groups -OCH3 is 1. The zero-order chi connectivity index (χ0) is 23.5. The van der Waals surface area contributed by atoms with E-state index in [4.69, 9.17) is 14.9 Å². The van der Waals surface area contributed by atoms with Crippen molar-refractivity contribution >= 4 is 17.8 Å². The van der Waals surface area contributed by atoms with Crippen LogP contribution in [0.4, 0.5) is 0 Å². The molecule has 0 rings (SSSR count). The highest BCUT2D eigenvalue weighted by molar-refractivity contribution is 5.83. The molecule has 1 unspecified atom stereocenters. The average Bonchev–Trinajstić information content (AvgIpc) is 2.63. The van der Waals surface area contributed by atoms with Crippen molar-refractivity contribution < 1.29 is 29.3 Å². The number of rotatable bonds is 12. The van der Waals surface area contributed by atoms with Crippen molar-refractivity contribution in [1.29, 1.82) is 0 Å². The summed E-state index contributed by atoms with van der Waals surface area (Å²) in [5, 5.41) is 22.3. The van der Waals surface area contributed by atoms with E-state index >= 15 is 0 Å². The molecular weight excluding hydrogens is 376 g/mol. The van der Waals surface area contributed by atoms with Gasteiger partial charge in [-0.2, -0.15) is 0 Å². The molecule has 8 nitrogen and oxygen atoms in total. The first kappa shape index (κ1) is 32.0. The fourth-order valence-corrected chi connectivity index (χ4v) is 1.79. The Morgan fingerprint density at radius 1 is 1.03 bits per heavy atom. The van der Waals surface area contributed by atoms with Crippen LogP contribution in [0.15, 0.2) is 0 Å². The zero-order valence-corrected chi connectivity index (χ0v) is 19.6. The van der Waals surface area contributed by atoms with Gasteiger partial charge in [0.05, 0.1) is 12.0 Å². The van der Waals surface area contributed by atoms with E-state index in [0.29, 0.717) is 18.9 Å². The first-order valence-corrected chi connectivity index (χ1v) is 10.4. The number of carboxylic acids is 1. The zero-order valence-electron chi connectivity index (χ0n) is 19.6. The van der Waals surface area contributed by atoms with E-state index in [9.17, 15) is 14.4 Å². The molecule has 0 saturated heterocycles. The van der Waals surface area contributed by atoms with Gasteiger partial charge in [0.1, 0.15) is 0 Å². The smallest absolute Gasteiger partial charge is 0.304 e. The predicted molar refractivity (Wildman–Crippen MR) is 116 cm³/mol. The Bertz CT molecular complexity index is 439. The lowest BCUT2D eigenvalue weighted by molar-refractivity contribution is -0.140. The summed E-state index contributed by atoms with van der Waals surface area (Å²) in [6, 6.07) is 0.